The van der Waals surface area contributed by atoms with Gasteiger partial charge in [-0.15, -0.1) is 0 Å². The first kappa shape index (κ1) is 13.1. The van der Waals surface area contributed by atoms with E-state index in [2.05, 4.69) is 12.2 Å². The average molecular weight is 256 g/mol. The number of carbonyl (C=O) groups is 2. The molecule has 2 amide bonds. The third-order valence-electron chi connectivity index (χ3n) is 3.80. The number of ether oxygens (including phenoxy) is 1. The summed E-state index contributed by atoms with van der Waals surface area (Å²) in [5.74, 6) is -0.507. The zero-order chi connectivity index (χ0) is 13.1. The van der Waals surface area contributed by atoms with Crippen molar-refractivity contribution in [3.8, 4) is 0 Å². The lowest BCUT2D eigenvalue weighted by Crippen LogP contribution is -2.53. The molecule has 3 unspecified atom stereocenters. The second-order valence-corrected chi connectivity index (χ2v) is 5.11. The van der Waals surface area contributed by atoms with E-state index in [1.165, 1.54) is 4.90 Å². The Hall–Kier alpha value is -1.30. The third kappa shape index (κ3) is 2.93. The number of hydrogen-bond acceptors (Lipinski definition) is 3. The van der Waals surface area contributed by atoms with Gasteiger partial charge in [-0.3, -0.25) is 0 Å². The molecule has 0 aromatic carbocycles. The van der Waals surface area contributed by atoms with Crippen LogP contribution in [-0.4, -0.2) is 53.8 Å². The Morgan fingerprint density at radius 1 is 1.39 bits per heavy atom. The first-order valence-electron chi connectivity index (χ1n) is 6.48. The molecule has 0 bridgehead atoms. The Balaban J connectivity index is 1.86. The van der Waals surface area contributed by atoms with Gasteiger partial charge in [0, 0.05) is 12.6 Å². The SMILES string of the molecule is CC1CCCC1NC(=O)N1CCOC(C(=O)O)C1. The van der Waals surface area contributed by atoms with Crippen LogP contribution >= 0.6 is 0 Å². The lowest BCUT2D eigenvalue weighted by atomic mass is 10.1. The van der Waals surface area contributed by atoms with Gasteiger partial charge in [-0.05, 0) is 18.8 Å². The summed E-state index contributed by atoms with van der Waals surface area (Å²) in [6.07, 6.45) is 2.41. The lowest BCUT2D eigenvalue weighted by molar-refractivity contribution is -0.154. The lowest BCUT2D eigenvalue weighted by Gasteiger charge is -2.32. The largest absolute Gasteiger partial charge is 0.479 e. The van der Waals surface area contributed by atoms with Crippen molar-refractivity contribution in [1.82, 2.24) is 10.2 Å². The topological polar surface area (TPSA) is 78.9 Å². The maximum atomic E-state index is 12.0. The van der Waals surface area contributed by atoms with Crippen molar-refractivity contribution in [2.75, 3.05) is 19.7 Å². The van der Waals surface area contributed by atoms with Crippen LogP contribution in [0.3, 0.4) is 0 Å². The van der Waals surface area contributed by atoms with E-state index in [-0.39, 0.29) is 25.2 Å². The molecule has 18 heavy (non-hydrogen) atoms. The number of aliphatic carboxylic acids is 1. The van der Waals surface area contributed by atoms with Gasteiger partial charge in [0.05, 0.1) is 13.2 Å². The number of carboxylic acids is 1. The van der Waals surface area contributed by atoms with Gasteiger partial charge >= 0.3 is 12.0 Å². The van der Waals surface area contributed by atoms with E-state index in [9.17, 15) is 9.59 Å². The molecule has 1 aliphatic carbocycles. The van der Waals surface area contributed by atoms with Gasteiger partial charge in [-0.25, -0.2) is 9.59 Å². The fraction of sp³-hybridized carbons (Fsp3) is 0.833. The molecule has 2 N–H and O–H groups in total. The highest BCUT2D eigenvalue weighted by Gasteiger charge is 2.31. The molecule has 1 saturated carbocycles. The van der Waals surface area contributed by atoms with Crippen molar-refractivity contribution in [1.29, 1.82) is 0 Å². The van der Waals surface area contributed by atoms with Crippen molar-refractivity contribution in [3.05, 3.63) is 0 Å². The summed E-state index contributed by atoms with van der Waals surface area (Å²) >= 11 is 0. The molecule has 0 spiro atoms. The third-order valence-corrected chi connectivity index (χ3v) is 3.80. The predicted octanol–water partition coefficient (Wildman–Crippen LogP) is 0.670. The highest BCUT2D eigenvalue weighted by atomic mass is 16.5. The molecule has 6 nitrogen and oxygen atoms in total. The average Bonchev–Trinajstić information content (AvgIpc) is 2.75. The van der Waals surface area contributed by atoms with Crippen molar-refractivity contribution in [3.63, 3.8) is 0 Å². The normalized spacial score (nSPS) is 32.3. The van der Waals surface area contributed by atoms with E-state index in [1.54, 1.807) is 0 Å². The van der Waals surface area contributed by atoms with Crippen molar-refractivity contribution < 1.29 is 19.4 Å². The highest BCUT2D eigenvalue weighted by molar-refractivity contribution is 5.77. The van der Waals surface area contributed by atoms with Crippen molar-refractivity contribution in [2.45, 2.75) is 38.3 Å². The first-order chi connectivity index (χ1) is 8.58. The standard InChI is InChI=1S/C12H20N2O4/c1-8-3-2-4-9(8)13-12(17)14-5-6-18-10(7-14)11(15)16/h8-10H,2-7H2,1H3,(H,13,17)(H,15,16). The summed E-state index contributed by atoms with van der Waals surface area (Å²) < 4.78 is 5.09. The monoisotopic (exact) mass is 256 g/mol. The maximum Gasteiger partial charge on any atom is 0.334 e. The van der Waals surface area contributed by atoms with Gasteiger partial charge in [-0.2, -0.15) is 0 Å². The number of urea groups is 1. The van der Waals surface area contributed by atoms with Crippen LogP contribution in [0.2, 0.25) is 0 Å². The molecule has 3 atom stereocenters. The van der Waals surface area contributed by atoms with E-state index < -0.39 is 12.1 Å². The number of hydrogen-bond donors (Lipinski definition) is 2. The molecule has 0 radical (unpaired) electrons. The summed E-state index contributed by atoms with van der Waals surface area (Å²) in [4.78, 5) is 24.4. The number of nitrogens with zero attached hydrogens (tertiary/aromatic N) is 1. The molecule has 6 heteroatoms. The zero-order valence-electron chi connectivity index (χ0n) is 10.6. The van der Waals surface area contributed by atoms with Crippen molar-refractivity contribution in [2.24, 2.45) is 5.92 Å². The van der Waals surface area contributed by atoms with Gasteiger partial charge in [0.1, 0.15) is 0 Å². The Bertz CT molecular complexity index is 334. The molecule has 1 saturated heterocycles. The van der Waals surface area contributed by atoms with Gasteiger partial charge < -0.3 is 20.1 Å². The van der Waals surface area contributed by atoms with Gasteiger partial charge in [0.2, 0.25) is 0 Å². The van der Waals surface area contributed by atoms with Gasteiger partial charge in [0.15, 0.2) is 6.10 Å². The number of rotatable bonds is 2. The van der Waals surface area contributed by atoms with Crippen LogP contribution in [0.25, 0.3) is 0 Å². The van der Waals surface area contributed by atoms with Crippen LogP contribution < -0.4 is 5.32 Å². The maximum absolute atomic E-state index is 12.0. The number of nitrogens with one attached hydrogen (secondary N) is 1. The molecular formula is C12H20N2O4. The Labute approximate surface area is 106 Å². The van der Waals surface area contributed by atoms with E-state index in [1.807, 2.05) is 0 Å². The molecule has 1 aliphatic heterocycles. The quantitative estimate of drug-likeness (QED) is 0.761. The fourth-order valence-electron chi connectivity index (χ4n) is 2.59. The number of carbonyl (C=O) groups excluding carboxylic acids is 1. The fourth-order valence-corrected chi connectivity index (χ4v) is 2.59. The minimum atomic E-state index is -1.01. The van der Waals surface area contributed by atoms with Crippen molar-refractivity contribution >= 4 is 12.0 Å². The summed E-state index contributed by atoms with van der Waals surface area (Å²) in [5.41, 5.74) is 0. The Morgan fingerprint density at radius 2 is 2.17 bits per heavy atom. The summed E-state index contributed by atoms with van der Waals surface area (Å²) in [5, 5.41) is 11.9. The van der Waals surface area contributed by atoms with Crippen LogP contribution in [0.4, 0.5) is 4.79 Å². The van der Waals surface area contributed by atoms with Crippen LogP contribution in [0.1, 0.15) is 26.2 Å². The molecule has 0 aromatic heterocycles. The predicted molar refractivity (Wildman–Crippen MR) is 64.3 cm³/mol. The summed E-state index contributed by atoms with van der Waals surface area (Å²) in [6, 6.07) is 0.0620. The summed E-state index contributed by atoms with van der Waals surface area (Å²) in [7, 11) is 0. The second kappa shape index (κ2) is 5.56. The van der Waals surface area contributed by atoms with E-state index in [0.29, 0.717) is 12.5 Å². The summed E-state index contributed by atoms with van der Waals surface area (Å²) in [6.45, 7) is 3.00. The van der Waals surface area contributed by atoms with Gasteiger partial charge in [0.25, 0.3) is 0 Å². The van der Waals surface area contributed by atoms with E-state index in [4.69, 9.17) is 9.84 Å². The van der Waals surface area contributed by atoms with Crippen LogP contribution in [-0.2, 0) is 9.53 Å². The van der Waals surface area contributed by atoms with E-state index >= 15 is 0 Å². The highest BCUT2D eigenvalue weighted by Crippen LogP contribution is 2.25. The minimum Gasteiger partial charge on any atom is -0.479 e. The molecule has 2 aliphatic rings. The van der Waals surface area contributed by atoms with E-state index in [0.717, 1.165) is 19.3 Å². The number of carboxylic acid groups (broad SMARTS) is 1. The van der Waals surface area contributed by atoms with Crippen LogP contribution in [0.15, 0.2) is 0 Å². The second-order valence-electron chi connectivity index (χ2n) is 5.11. The van der Waals surface area contributed by atoms with Gasteiger partial charge in [-0.1, -0.05) is 13.3 Å². The Morgan fingerprint density at radius 3 is 2.78 bits per heavy atom. The zero-order valence-corrected chi connectivity index (χ0v) is 10.6. The smallest absolute Gasteiger partial charge is 0.334 e. The first-order valence-corrected chi connectivity index (χ1v) is 6.48. The number of amides is 2. The number of morpholine rings is 1. The molecule has 2 rings (SSSR count). The molecular weight excluding hydrogens is 236 g/mol. The molecule has 1 heterocycles. The molecule has 2 fully saturated rings. The Kier molecular flexibility index (Phi) is 4.06. The van der Waals surface area contributed by atoms with Crippen LogP contribution in [0, 0.1) is 5.92 Å². The molecule has 102 valence electrons. The molecule has 0 aromatic rings. The van der Waals surface area contributed by atoms with Crippen LogP contribution in [0.5, 0.6) is 0 Å². The minimum absolute atomic E-state index is 0.127.